The van der Waals surface area contributed by atoms with Gasteiger partial charge in [0.15, 0.2) is 0 Å². The largest absolute Gasteiger partial charge is 0.465 e. The number of hydrogen-bond donors (Lipinski definition) is 1. The Kier molecular flexibility index (Phi) is 5.33. The molecule has 1 aliphatic heterocycles. The summed E-state index contributed by atoms with van der Waals surface area (Å²) in [5.74, 6) is -0.113. The SMILES string of the molecule is CN(CC(F)=C1CCN(C(=O)O)CC1)Cc1ccccc1. The molecule has 4 nitrogen and oxygen atoms in total. The summed E-state index contributed by atoms with van der Waals surface area (Å²) in [6, 6.07) is 9.95. The number of hydrogen-bond acceptors (Lipinski definition) is 2. The number of piperidine rings is 1. The van der Waals surface area contributed by atoms with Gasteiger partial charge in [0.2, 0.25) is 0 Å². The molecule has 0 aliphatic carbocycles. The minimum Gasteiger partial charge on any atom is -0.465 e. The van der Waals surface area contributed by atoms with Crippen LogP contribution in [0.2, 0.25) is 0 Å². The Bertz CT molecular complexity index is 506. The number of likely N-dealkylation sites (tertiary alicyclic amines) is 1. The van der Waals surface area contributed by atoms with Crippen molar-refractivity contribution in [1.29, 1.82) is 0 Å². The van der Waals surface area contributed by atoms with Crippen molar-refractivity contribution in [3.05, 3.63) is 47.3 Å². The lowest BCUT2D eigenvalue weighted by molar-refractivity contribution is 0.141. The maximum Gasteiger partial charge on any atom is 0.407 e. The third kappa shape index (κ3) is 4.56. The summed E-state index contributed by atoms with van der Waals surface area (Å²) in [7, 11) is 1.89. The van der Waals surface area contributed by atoms with E-state index < -0.39 is 6.09 Å². The highest BCUT2D eigenvalue weighted by Gasteiger charge is 2.20. The Morgan fingerprint density at radius 2 is 1.90 bits per heavy atom. The van der Waals surface area contributed by atoms with Gasteiger partial charge in [0.1, 0.15) is 5.83 Å². The van der Waals surface area contributed by atoms with E-state index in [4.69, 9.17) is 5.11 Å². The van der Waals surface area contributed by atoms with Gasteiger partial charge in [0, 0.05) is 19.6 Å². The first-order chi connectivity index (χ1) is 10.1. The number of amides is 1. The normalized spacial score (nSPS) is 15.4. The molecule has 1 aliphatic rings. The summed E-state index contributed by atoms with van der Waals surface area (Å²) in [6.45, 7) is 1.75. The second-order valence-corrected chi connectivity index (χ2v) is 5.44. The number of nitrogens with zero attached hydrogens (tertiary/aromatic N) is 2. The number of carboxylic acid groups (broad SMARTS) is 1. The maximum absolute atomic E-state index is 14.2. The Balaban J connectivity index is 1.87. The van der Waals surface area contributed by atoms with Crippen LogP contribution in [0.25, 0.3) is 0 Å². The zero-order valence-electron chi connectivity index (χ0n) is 12.3. The second-order valence-electron chi connectivity index (χ2n) is 5.44. The highest BCUT2D eigenvalue weighted by Crippen LogP contribution is 2.21. The Morgan fingerprint density at radius 3 is 2.48 bits per heavy atom. The van der Waals surface area contributed by atoms with E-state index in [1.54, 1.807) is 0 Å². The summed E-state index contributed by atoms with van der Waals surface area (Å²) < 4.78 is 14.2. The maximum atomic E-state index is 14.2. The predicted octanol–water partition coefficient (Wildman–Crippen LogP) is 3.12. The third-order valence-corrected chi connectivity index (χ3v) is 3.73. The molecule has 2 rings (SSSR count). The zero-order chi connectivity index (χ0) is 15.2. The van der Waals surface area contributed by atoms with Crippen molar-refractivity contribution in [3.8, 4) is 0 Å². The zero-order valence-corrected chi connectivity index (χ0v) is 12.3. The lowest BCUT2D eigenvalue weighted by atomic mass is 10.0. The molecule has 5 heteroatoms. The second kappa shape index (κ2) is 7.22. The van der Waals surface area contributed by atoms with Gasteiger partial charge in [-0.2, -0.15) is 0 Å². The molecule has 1 aromatic rings. The molecule has 0 aromatic heterocycles. The first kappa shape index (κ1) is 15.5. The average molecular weight is 292 g/mol. The van der Waals surface area contributed by atoms with E-state index in [9.17, 15) is 9.18 Å². The number of rotatable bonds is 4. The first-order valence-corrected chi connectivity index (χ1v) is 7.13. The molecule has 1 saturated heterocycles. The van der Waals surface area contributed by atoms with E-state index in [2.05, 4.69) is 0 Å². The molecule has 1 N–H and O–H groups in total. The molecule has 114 valence electrons. The van der Waals surface area contributed by atoms with Gasteiger partial charge in [-0.25, -0.2) is 9.18 Å². The van der Waals surface area contributed by atoms with E-state index in [0.717, 1.165) is 11.1 Å². The molecule has 1 amide bonds. The van der Waals surface area contributed by atoms with Crippen LogP contribution in [0, 0.1) is 0 Å². The fourth-order valence-corrected chi connectivity index (χ4v) is 2.54. The van der Waals surface area contributed by atoms with Crippen molar-refractivity contribution >= 4 is 6.09 Å². The van der Waals surface area contributed by atoms with Gasteiger partial charge in [-0.1, -0.05) is 30.3 Å². The fourth-order valence-electron chi connectivity index (χ4n) is 2.54. The van der Waals surface area contributed by atoms with Gasteiger partial charge in [0.05, 0.1) is 6.54 Å². The van der Waals surface area contributed by atoms with E-state index in [0.29, 0.717) is 32.5 Å². The van der Waals surface area contributed by atoms with Crippen molar-refractivity contribution in [2.24, 2.45) is 0 Å². The smallest absolute Gasteiger partial charge is 0.407 e. The highest BCUT2D eigenvalue weighted by molar-refractivity contribution is 5.65. The summed E-state index contributed by atoms with van der Waals surface area (Å²) in [6.07, 6.45) is 0.0740. The topological polar surface area (TPSA) is 43.8 Å². The van der Waals surface area contributed by atoms with Crippen LogP contribution in [0.3, 0.4) is 0 Å². The standard InChI is InChI=1S/C16H21FN2O2/c1-18(11-13-5-3-2-4-6-13)12-15(17)14-7-9-19(10-8-14)16(20)21/h2-6H,7-12H2,1H3,(H,20,21). The molecular weight excluding hydrogens is 271 g/mol. The van der Waals surface area contributed by atoms with E-state index in [1.165, 1.54) is 4.90 Å². The van der Waals surface area contributed by atoms with Gasteiger partial charge in [-0.15, -0.1) is 0 Å². The van der Waals surface area contributed by atoms with Crippen LogP contribution in [0.5, 0.6) is 0 Å². The Morgan fingerprint density at radius 1 is 1.29 bits per heavy atom. The molecule has 0 spiro atoms. The van der Waals surface area contributed by atoms with Crippen LogP contribution in [0.1, 0.15) is 18.4 Å². The van der Waals surface area contributed by atoms with Crippen molar-refractivity contribution in [2.45, 2.75) is 19.4 Å². The molecule has 0 saturated carbocycles. The van der Waals surface area contributed by atoms with E-state index in [-0.39, 0.29) is 12.4 Å². The first-order valence-electron chi connectivity index (χ1n) is 7.13. The number of likely N-dealkylation sites (N-methyl/N-ethyl adjacent to an activating group) is 1. The Hall–Kier alpha value is -1.88. The van der Waals surface area contributed by atoms with E-state index in [1.807, 2.05) is 42.3 Å². The van der Waals surface area contributed by atoms with Crippen LogP contribution in [0.15, 0.2) is 41.7 Å². The minimum absolute atomic E-state index is 0.113. The van der Waals surface area contributed by atoms with Crippen molar-refractivity contribution in [2.75, 3.05) is 26.7 Å². The average Bonchev–Trinajstić information content (AvgIpc) is 2.48. The fraction of sp³-hybridized carbons (Fsp3) is 0.438. The quantitative estimate of drug-likeness (QED) is 0.927. The van der Waals surface area contributed by atoms with Gasteiger partial charge in [-0.3, -0.25) is 4.90 Å². The van der Waals surface area contributed by atoms with Crippen LogP contribution >= 0.6 is 0 Å². The molecule has 0 unspecified atom stereocenters. The summed E-state index contributed by atoms with van der Waals surface area (Å²) in [5.41, 5.74) is 1.91. The van der Waals surface area contributed by atoms with Crippen LogP contribution in [0.4, 0.5) is 9.18 Å². The van der Waals surface area contributed by atoms with Gasteiger partial charge in [0.25, 0.3) is 0 Å². The van der Waals surface area contributed by atoms with Crippen molar-refractivity contribution in [3.63, 3.8) is 0 Å². The van der Waals surface area contributed by atoms with Crippen LogP contribution in [-0.2, 0) is 6.54 Å². The molecule has 1 fully saturated rings. The molecule has 0 radical (unpaired) electrons. The molecule has 0 atom stereocenters. The predicted molar refractivity (Wildman–Crippen MR) is 79.7 cm³/mol. The van der Waals surface area contributed by atoms with Gasteiger partial charge >= 0.3 is 6.09 Å². The van der Waals surface area contributed by atoms with Crippen molar-refractivity contribution < 1.29 is 14.3 Å². The molecular formula is C16H21FN2O2. The summed E-state index contributed by atoms with van der Waals surface area (Å²) in [4.78, 5) is 14.1. The number of carbonyl (C=O) groups is 1. The molecule has 0 bridgehead atoms. The molecule has 1 heterocycles. The van der Waals surface area contributed by atoms with Gasteiger partial charge < -0.3 is 10.0 Å². The number of halogens is 1. The summed E-state index contributed by atoms with van der Waals surface area (Å²) >= 11 is 0. The monoisotopic (exact) mass is 292 g/mol. The third-order valence-electron chi connectivity index (χ3n) is 3.73. The lowest BCUT2D eigenvalue weighted by Crippen LogP contribution is -2.35. The highest BCUT2D eigenvalue weighted by atomic mass is 19.1. The van der Waals surface area contributed by atoms with Crippen molar-refractivity contribution in [1.82, 2.24) is 9.80 Å². The van der Waals surface area contributed by atoms with Gasteiger partial charge in [-0.05, 0) is 31.0 Å². The van der Waals surface area contributed by atoms with E-state index >= 15 is 0 Å². The number of benzene rings is 1. The summed E-state index contributed by atoms with van der Waals surface area (Å²) in [5, 5.41) is 8.88. The minimum atomic E-state index is -0.921. The Labute approximate surface area is 124 Å². The van der Waals surface area contributed by atoms with Crippen LogP contribution in [-0.4, -0.2) is 47.7 Å². The molecule has 21 heavy (non-hydrogen) atoms. The lowest BCUT2D eigenvalue weighted by Gasteiger charge is -2.27. The van der Waals surface area contributed by atoms with Crippen LogP contribution < -0.4 is 0 Å². The molecule has 1 aromatic carbocycles.